The van der Waals surface area contributed by atoms with Crippen molar-refractivity contribution in [3.05, 3.63) is 34.8 Å². The fraction of sp³-hybridized carbons (Fsp3) is 0.400. The number of aromatic nitrogens is 2. The number of anilines is 1. The van der Waals surface area contributed by atoms with E-state index in [0.717, 1.165) is 15.7 Å². The Bertz CT molecular complexity index is 829. The van der Waals surface area contributed by atoms with Crippen LogP contribution in [0.15, 0.2) is 29.2 Å². The molecule has 9 heteroatoms. The number of nitrogens with one attached hydrogen (secondary N) is 1. The molecule has 24 heavy (non-hydrogen) atoms. The molecule has 0 fully saturated rings. The van der Waals surface area contributed by atoms with E-state index in [0.29, 0.717) is 11.0 Å². The van der Waals surface area contributed by atoms with Gasteiger partial charge in [-0.3, -0.25) is 10.1 Å². The summed E-state index contributed by atoms with van der Waals surface area (Å²) < 4.78 is 25.4. The highest BCUT2D eigenvalue weighted by Gasteiger charge is 2.19. The molecule has 0 spiro atoms. The van der Waals surface area contributed by atoms with Gasteiger partial charge >= 0.3 is 0 Å². The second-order valence-corrected chi connectivity index (χ2v) is 9.08. The van der Waals surface area contributed by atoms with E-state index in [2.05, 4.69) is 29.4 Å². The minimum Gasteiger partial charge on any atom is -0.296 e. The van der Waals surface area contributed by atoms with Crippen LogP contribution < -0.4 is 5.32 Å². The summed E-state index contributed by atoms with van der Waals surface area (Å²) in [6.45, 7) is 4.16. The normalized spacial score (nSPS) is 11.9. The highest BCUT2D eigenvalue weighted by Crippen LogP contribution is 2.20. The molecular formula is C15H20N4O3S2. The van der Waals surface area contributed by atoms with Gasteiger partial charge in [-0.05, 0) is 24.1 Å². The summed E-state index contributed by atoms with van der Waals surface area (Å²) in [5.74, 6) is 0.0347. The van der Waals surface area contributed by atoms with Gasteiger partial charge in [-0.15, -0.1) is 10.2 Å². The minimum atomic E-state index is -3.59. The van der Waals surface area contributed by atoms with Crippen LogP contribution in [-0.2, 0) is 16.4 Å². The largest absolute Gasteiger partial charge is 0.296 e. The SMILES string of the molecule is CC(C)Cc1nnc(NC(=O)c2cccc(S(=O)(=O)N(C)C)c2)s1. The molecule has 7 nitrogen and oxygen atoms in total. The van der Waals surface area contributed by atoms with Crippen LogP contribution in [0.3, 0.4) is 0 Å². The number of carbonyl (C=O) groups excluding carboxylic acids is 1. The van der Waals surface area contributed by atoms with Crippen molar-refractivity contribution < 1.29 is 13.2 Å². The molecule has 1 heterocycles. The summed E-state index contributed by atoms with van der Waals surface area (Å²) in [7, 11) is -0.699. The number of sulfonamides is 1. The molecule has 2 rings (SSSR count). The predicted molar refractivity (Wildman–Crippen MR) is 93.7 cm³/mol. The Kier molecular flexibility index (Phi) is 5.68. The van der Waals surface area contributed by atoms with E-state index in [1.54, 1.807) is 6.07 Å². The van der Waals surface area contributed by atoms with Crippen molar-refractivity contribution in [2.75, 3.05) is 19.4 Å². The summed E-state index contributed by atoms with van der Waals surface area (Å²) in [5, 5.41) is 11.9. The van der Waals surface area contributed by atoms with Crippen LogP contribution in [0.2, 0.25) is 0 Å². The molecule has 0 saturated heterocycles. The van der Waals surface area contributed by atoms with Crippen molar-refractivity contribution in [1.82, 2.24) is 14.5 Å². The molecule has 1 N–H and O–H groups in total. The summed E-state index contributed by atoms with van der Waals surface area (Å²) in [6, 6.07) is 5.90. The summed E-state index contributed by atoms with van der Waals surface area (Å²) in [5.41, 5.74) is 0.249. The number of benzene rings is 1. The lowest BCUT2D eigenvalue weighted by atomic mass is 10.1. The maximum absolute atomic E-state index is 12.3. The number of hydrogen-bond donors (Lipinski definition) is 1. The first-order chi connectivity index (χ1) is 11.2. The Morgan fingerprint density at radius 3 is 2.62 bits per heavy atom. The van der Waals surface area contributed by atoms with Crippen molar-refractivity contribution in [3.63, 3.8) is 0 Å². The maximum atomic E-state index is 12.3. The molecule has 0 aliphatic carbocycles. The molecule has 2 aromatic rings. The maximum Gasteiger partial charge on any atom is 0.257 e. The molecule has 1 aromatic heterocycles. The third-order valence-electron chi connectivity index (χ3n) is 3.14. The smallest absolute Gasteiger partial charge is 0.257 e. The standard InChI is InChI=1S/C15H20N4O3S2/c1-10(2)8-13-17-18-15(23-13)16-14(20)11-6-5-7-12(9-11)24(21,22)19(3)4/h5-7,9-10H,8H2,1-4H3,(H,16,18,20). The van der Waals surface area contributed by atoms with E-state index >= 15 is 0 Å². The molecule has 0 aliphatic rings. The van der Waals surface area contributed by atoms with Gasteiger partial charge < -0.3 is 0 Å². The zero-order valence-corrected chi connectivity index (χ0v) is 15.6. The van der Waals surface area contributed by atoms with E-state index in [1.807, 2.05) is 0 Å². The third kappa shape index (κ3) is 4.37. The lowest BCUT2D eigenvalue weighted by Gasteiger charge is -2.12. The summed E-state index contributed by atoms with van der Waals surface area (Å²) >= 11 is 1.32. The Morgan fingerprint density at radius 1 is 1.29 bits per heavy atom. The quantitative estimate of drug-likeness (QED) is 0.844. The van der Waals surface area contributed by atoms with E-state index in [1.165, 1.54) is 43.6 Å². The van der Waals surface area contributed by atoms with Gasteiger partial charge in [-0.25, -0.2) is 12.7 Å². The Morgan fingerprint density at radius 2 is 2.00 bits per heavy atom. The molecule has 0 bridgehead atoms. The van der Waals surface area contributed by atoms with E-state index in [-0.39, 0.29) is 10.5 Å². The fourth-order valence-electron chi connectivity index (χ4n) is 1.91. The first-order valence-corrected chi connectivity index (χ1v) is 9.62. The second-order valence-electron chi connectivity index (χ2n) is 5.87. The van der Waals surface area contributed by atoms with Crippen LogP contribution in [0, 0.1) is 5.92 Å². The van der Waals surface area contributed by atoms with E-state index in [4.69, 9.17) is 0 Å². The van der Waals surface area contributed by atoms with Crippen LogP contribution in [0.5, 0.6) is 0 Å². The lowest BCUT2D eigenvalue weighted by molar-refractivity contribution is 0.102. The molecule has 130 valence electrons. The zero-order chi connectivity index (χ0) is 17.9. The number of carbonyl (C=O) groups is 1. The average molecular weight is 368 g/mol. The monoisotopic (exact) mass is 368 g/mol. The molecule has 1 aromatic carbocycles. The Labute approximate surface area is 145 Å². The number of nitrogens with zero attached hydrogens (tertiary/aromatic N) is 3. The molecule has 0 aliphatic heterocycles. The predicted octanol–water partition coefficient (Wildman–Crippen LogP) is 2.24. The number of hydrogen-bond acceptors (Lipinski definition) is 6. The fourth-order valence-corrected chi connectivity index (χ4v) is 3.81. The number of rotatable bonds is 6. The second kappa shape index (κ2) is 7.37. The van der Waals surface area contributed by atoms with Gasteiger partial charge in [-0.2, -0.15) is 0 Å². The topological polar surface area (TPSA) is 92.3 Å². The van der Waals surface area contributed by atoms with Crippen LogP contribution >= 0.6 is 11.3 Å². The molecule has 0 atom stereocenters. The van der Waals surface area contributed by atoms with Crippen molar-refractivity contribution in [2.45, 2.75) is 25.2 Å². The van der Waals surface area contributed by atoms with E-state index < -0.39 is 15.9 Å². The summed E-state index contributed by atoms with van der Waals surface area (Å²) in [6.07, 6.45) is 0.796. The van der Waals surface area contributed by atoms with Crippen molar-refractivity contribution in [2.24, 2.45) is 5.92 Å². The van der Waals surface area contributed by atoms with E-state index in [9.17, 15) is 13.2 Å². The van der Waals surface area contributed by atoms with Gasteiger partial charge in [-0.1, -0.05) is 31.3 Å². The third-order valence-corrected chi connectivity index (χ3v) is 5.82. The summed E-state index contributed by atoms with van der Waals surface area (Å²) in [4.78, 5) is 12.4. The minimum absolute atomic E-state index is 0.0675. The van der Waals surface area contributed by atoms with Crippen molar-refractivity contribution in [3.8, 4) is 0 Å². The molecular weight excluding hydrogens is 348 g/mol. The highest BCUT2D eigenvalue weighted by molar-refractivity contribution is 7.89. The molecule has 0 unspecified atom stereocenters. The molecule has 0 saturated carbocycles. The van der Waals surface area contributed by atoms with Crippen LogP contribution in [0.25, 0.3) is 0 Å². The number of amides is 1. The molecule has 0 radical (unpaired) electrons. The van der Waals surface area contributed by atoms with Gasteiger partial charge in [0.25, 0.3) is 5.91 Å². The highest BCUT2D eigenvalue weighted by atomic mass is 32.2. The average Bonchev–Trinajstić information content (AvgIpc) is 2.93. The lowest BCUT2D eigenvalue weighted by Crippen LogP contribution is -2.22. The van der Waals surface area contributed by atoms with Crippen molar-refractivity contribution in [1.29, 1.82) is 0 Å². The Hall–Kier alpha value is -1.84. The van der Waals surface area contributed by atoms with Crippen LogP contribution in [-0.4, -0.2) is 42.9 Å². The van der Waals surface area contributed by atoms with Gasteiger partial charge in [0.05, 0.1) is 4.90 Å². The zero-order valence-electron chi connectivity index (χ0n) is 14.0. The van der Waals surface area contributed by atoms with Crippen LogP contribution in [0.4, 0.5) is 5.13 Å². The van der Waals surface area contributed by atoms with Gasteiger partial charge in [0, 0.05) is 26.1 Å². The van der Waals surface area contributed by atoms with Gasteiger partial charge in [0.2, 0.25) is 15.2 Å². The first-order valence-electron chi connectivity index (χ1n) is 7.36. The van der Waals surface area contributed by atoms with Gasteiger partial charge in [0.1, 0.15) is 5.01 Å². The van der Waals surface area contributed by atoms with Crippen LogP contribution in [0.1, 0.15) is 29.2 Å². The Balaban J connectivity index is 2.17. The molecule has 1 amide bonds. The van der Waals surface area contributed by atoms with Crippen molar-refractivity contribution >= 4 is 32.4 Å². The van der Waals surface area contributed by atoms with Gasteiger partial charge in [0.15, 0.2) is 0 Å². The first kappa shape index (κ1) is 18.5.